The number of piperazine rings is 1. The molecule has 0 spiro atoms. The zero-order chi connectivity index (χ0) is 13.2. The number of amides is 1. The molecule has 0 aliphatic carbocycles. The highest BCUT2D eigenvalue weighted by atomic mass is 16.5. The van der Waals surface area contributed by atoms with Gasteiger partial charge in [0.2, 0.25) is 17.6 Å². The number of hydrogen-bond donors (Lipinski definition) is 2. The zero-order valence-corrected chi connectivity index (χ0v) is 10.5. The fraction of sp³-hybridized carbons (Fsp3) is 0.308. The van der Waals surface area contributed by atoms with Crippen LogP contribution >= 0.6 is 0 Å². The minimum absolute atomic E-state index is 0.0188. The van der Waals surface area contributed by atoms with Crippen molar-refractivity contribution in [3.8, 4) is 11.4 Å². The predicted molar refractivity (Wildman–Crippen MR) is 68.2 cm³/mol. The second-order valence-electron chi connectivity index (χ2n) is 4.56. The Morgan fingerprint density at radius 3 is 3.05 bits per heavy atom. The molecule has 2 heterocycles. The van der Waals surface area contributed by atoms with E-state index in [1.54, 1.807) is 0 Å². The van der Waals surface area contributed by atoms with E-state index >= 15 is 0 Å². The fourth-order valence-corrected chi connectivity index (χ4v) is 2.02. The molecule has 1 amide bonds. The largest absolute Gasteiger partial charge is 0.353 e. The number of aryl methyl sites for hydroxylation is 1. The number of benzene rings is 1. The lowest BCUT2D eigenvalue weighted by Gasteiger charge is -2.20. The first-order valence-corrected chi connectivity index (χ1v) is 6.13. The van der Waals surface area contributed by atoms with E-state index in [0.29, 0.717) is 18.3 Å². The minimum atomic E-state index is -0.122. The number of hydrogen-bond acceptors (Lipinski definition) is 5. The summed E-state index contributed by atoms with van der Waals surface area (Å²) in [6.45, 7) is 2.75. The summed E-state index contributed by atoms with van der Waals surface area (Å²) >= 11 is 0. The van der Waals surface area contributed by atoms with Crippen LogP contribution in [0.25, 0.3) is 11.4 Å². The highest BCUT2D eigenvalue weighted by Crippen LogP contribution is 2.19. The molecule has 2 aromatic rings. The minimum Gasteiger partial charge on any atom is -0.353 e. The van der Waals surface area contributed by atoms with Gasteiger partial charge in [0, 0.05) is 12.1 Å². The molecule has 1 aliphatic heterocycles. The van der Waals surface area contributed by atoms with Gasteiger partial charge in [-0.05, 0) is 13.0 Å². The van der Waals surface area contributed by atoms with Crippen LogP contribution in [0.5, 0.6) is 0 Å². The van der Waals surface area contributed by atoms with Gasteiger partial charge in [0.15, 0.2) is 0 Å². The number of rotatable bonds is 2. The monoisotopic (exact) mass is 258 g/mol. The number of aromatic nitrogens is 2. The Balaban J connectivity index is 1.81. The first-order valence-electron chi connectivity index (χ1n) is 6.13. The Morgan fingerprint density at radius 1 is 1.42 bits per heavy atom. The third-order valence-corrected chi connectivity index (χ3v) is 3.03. The summed E-state index contributed by atoms with van der Waals surface area (Å²) in [5.41, 5.74) is 2.07. The van der Waals surface area contributed by atoms with Gasteiger partial charge in [0.1, 0.15) is 6.04 Å². The van der Waals surface area contributed by atoms with E-state index < -0.39 is 0 Å². The van der Waals surface area contributed by atoms with Crippen LogP contribution in [0.3, 0.4) is 0 Å². The molecule has 0 saturated carbocycles. The molecule has 1 atom stereocenters. The number of nitrogens with one attached hydrogen (secondary N) is 2. The summed E-state index contributed by atoms with van der Waals surface area (Å²) in [7, 11) is 0. The maximum Gasteiger partial charge on any atom is 0.245 e. The van der Waals surface area contributed by atoms with Gasteiger partial charge in [-0.1, -0.05) is 28.9 Å². The van der Waals surface area contributed by atoms with Crippen molar-refractivity contribution in [2.45, 2.75) is 13.0 Å². The first kappa shape index (κ1) is 11.9. The quantitative estimate of drug-likeness (QED) is 0.833. The zero-order valence-electron chi connectivity index (χ0n) is 10.5. The van der Waals surface area contributed by atoms with E-state index in [1.165, 1.54) is 0 Å². The van der Waals surface area contributed by atoms with Gasteiger partial charge < -0.3 is 9.84 Å². The van der Waals surface area contributed by atoms with Gasteiger partial charge in [0.25, 0.3) is 0 Å². The van der Waals surface area contributed by atoms with Crippen LogP contribution in [0, 0.1) is 6.92 Å². The Hall–Kier alpha value is -2.21. The number of nitrogens with zero attached hydrogens (tertiary/aromatic N) is 2. The third-order valence-electron chi connectivity index (χ3n) is 3.03. The molecule has 1 fully saturated rings. The average molecular weight is 258 g/mol. The van der Waals surface area contributed by atoms with Crippen LogP contribution in [0.2, 0.25) is 0 Å². The van der Waals surface area contributed by atoms with Crippen molar-refractivity contribution in [3.05, 3.63) is 35.7 Å². The fourth-order valence-electron chi connectivity index (χ4n) is 2.02. The lowest BCUT2D eigenvalue weighted by molar-refractivity contribution is -0.121. The standard InChI is InChI=1S/C13H14N4O2/c1-8-3-2-4-9(5-8)12-16-13(19-17-12)10-6-15-11(18)7-14-10/h2-5,10,14H,6-7H2,1H3,(H,15,18). The predicted octanol–water partition coefficient (Wildman–Crippen LogP) is 0.806. The van der Waals surface area contributed by atoms with Gasteiger partial charge in [0.05, 0.1) is 6.54 Å². The van der Waals surface area contributed by atoms with Crippen molar-refractivity contribution in [1.29, 1.82) is 0 Å². The molecule has 1 aliphatic rings. The van der Waals surface area contributed by atoms with Crippen LogP contribution in [0.4, 0.5) is 0 Å². The molecular formula is C13H14N4O2. The molecule has 1 unspecified atom stereocenters. The highest BCUT2D eigenvalue weighted by Gasteiger charge is 2.24. The Labute approximate surface area is 110 Å². The van der Waals surface area contributed by atoms with Crippen molar-refractivity contribution >= 4 is 5.91 Å². The van der Waals surface area contributed by atoms with E-state index in [0.717, 1.165) is 11.1 Å². The van der Waals surface area contributed by atoms with Gasteiger partial charge >= 0.3 is 0 Å². The van der Waals surface area contributed by atoms with Gasteiger partial charge in [-0.25, -0.2) is 0 Å². The summed E-state index contributed by atoms with van der Waals surface area (Å²) in [4.78, 5) is 15.4. The summed E-state index contributed by atoms with van der Waals surface area (Å²) in [6, 6.07) is 7.80. The lowest BCUT2D eigenvalue weighted by Crippen LogP contribution is -2.47. The maximum absolute atomic E-state index is 11.1. The van der Waals surface area contributed by atoms with Crippen LogP contribution < -0.4 is 10.6 Å². The maximum atomic E-state index is 11.1. The topological polar surface area (TPSA) is 80.0 Å². The van der Waals surface area contributed by atoms with Crippen molar-refractivity contribution in [2.24, 2.45) is 0 Å². The van der Waals surface area contributed by atoms with Crippen LogP contribution in [-0.4, -0.2) is 29.1 Å². The van der Waals surface area contributed by atoms with Crippen molar-refractivity contribution in [3.63, 3.8) is 0 Å². The smallest absolute Gasteiger partial charge is 0.245 e. The molecule has 6 heteroatoms. The van der Waals surface area contributed by atoms with Crippen molar-refractivity contribution in [2.75, 3.05) is 13.1 Å². The Kier molecular flexibility index (Phi) is 3.00. The molecule has 1 aromatic carbocycles. The number of carbonyl (C=O) groups is 1. The SMILES string of the molecule is Cc1cccc(-c2noc(C3CNC(=O)CN3)n2)c1. The molecule has 19 heavy (non-hydrogen) atoms. The highest BCUT2D eigenvalue weighted by molar-refractivity contribution is 5.78. The average Bonchev–Trinajstić information content (AvgIpc) is 2.89. The molecule has 1 aromatic heterocycles. The van der Waals surface area contributed by atoms with E-state index in [4.69, 9.17) is 4.52 Å². The Bertz CT molecular complexity index is 598. The van der Waals surface area contributed by atoms with Crippen LogP contribution in [-0.2, 0) is 4.79 Å². The summed E-state index contributed by atoms with van der Waals surface area (Å²) in [6.07, 6.45) is 0. The van der Waals surface area contributed by atoms with E-state index in [9.17, 15) is 4.79 Å². The molecule has 0 radical (unpaired) electrons. The third kappa shape index (κ3) is 2.48. The molecular weight excluding hydrogens is 244 g/mol. The molecule has 2 N–H and O–H groups in total. The molecule has 3 rings (SSSR count). The molecule has 98 valence electrons. The van der Waals surface area contributed by atoms with Crippen molar-refractivity contribution < 1.29 is 9.32 Å². The van der Waals surface area contributed by atoms with Gasteiger partial charge in [-0.3, -0.25) is 10.1 Å². The normalized spacial score (nSPS) is 19.2. The second-order valence-corrected chi connectivity index (χ2v) is 4.56. The summed E-state index contributed by atoms with van der Waals surface area (Å²) < 4.78 is 5.26. The lowest BCUT2D eigenvalue weighted by atomic mass is 10.1. The Morgan fingerprint density at radius 2 is 2.32 bits per heavy atom. The molecule has 6 nitrogen and oxygen atoms in total. The first-order chi connectivity index (χ1) is 9.22. The summed E-state index contributed by atoms with van der Waals surface area (Å²) in [5.74, 6) is 1.04. The number of carbonyl (C=O) groups excluding carboxylic acids is 1. The van der Waals surface area contributed by atoms with Crippen molar-refractivity contribution in [1.82, 2.24) is 20.8 Å². The van der Waals surface area contributed by atoms with Gasteiger partial charge in [-0.15, -0.1) is 0 Å². The summed E-state index contributed by atoms with van der Waals surface area (Å²) in [5, 5.41) is 9.80. The molecule has 0 bridgehead atoms. The van der Waals surface area contributed by atoms with E-state index in [1.807, 2.05) is 31.2 Å². The van der Waals surface area contributed by atoms with E-state index in [2.05, 4.69) is 20.8 Å². The van der Waals surface area contributed by atoms with Crippen LogP contribution in [0.15, 0.2) is 28.8 Å². The second kappa shape index (κ2) is 4.81. The van der Waals surface area contributed by atoms with E-state index in [-0.39, 0.29) is 18.5 Å². The van der Waals surface area contributed by atoms with Gasteiger partial charge in [-0.2, -0.15) is 4.98 Å². The van der Waals surface area contributed by atoms with Crippen LogP contribution in [0.1, 0.15) is 17.5 Å². The molecule has 1 saturated heterocycles.